The zero-order valence-corrected chi connectivity index (χ0v) is 11.4. The Balaban J connectivity index is 2.15. The normalized spacial score (nSPS) is 33.6. The van der Waals surface area contributed by atoms with Crippen LogP contribution in [-0.2, 0) is 11.8 Å². The Morgan fingerprint density at radius 1 is 1.16 bits per heavy atom. The number of fused-ring (bicyclic) bond motifs is 3. The lowest BCUT2D eigenvalue weighted by Crippen LogP contribution is -2.57. The SMILES string of the molecule is NCC[C@@]12CCCC[C@]1(O)CCc1cc(O)ccc12. The van der Waals surface area contributed by atoms with E-state index in [1.54, 1.807) is 6.07 Å². The van der Waals surface area contributed by atoms with Crippen molar-refractivity contribution in [3.63, 3.8) is 0 Å². The smallest absolute Gasteiger partial charge is 0.115 e. The highest BCUT2D eigenvalue weighted by molar-refractivity contribution is 5.45. The number of aromatic hydroxyl groups is 1. The highest BCUT2D eigenvalue weighted by Gasteiger charge is 2.54. The summed E-state index contributed by atoms with van der Waals surface area (Å²) in [6, 6.07) is 5.62. The molecule has 104 valence electrons. The molecule has 0 spiro atoms. The summed E-state index contributed by atoms with van der Waals surface area (Å²) in [5, 5.41) is 20.8. The molecule has 0 amide bonds. The first-order valence-electron chi connectivity index (χ1n) is 7.36. The van der Waals surface area contributed by atoms with E-state index in [1.807, 2.05) is 12.1 Å². The van der Waals surface area contributed by atoms with Crippen molar-refractivity contribution in [1.82, 2.24) is 0 Å². The van der Waals surface area contributed by atoms with Crippen molar-refractivity contribution in [2.24, 2.45) is 5.73 Å². The van der Waals surface area contributed by atoms with E-state index < -0.39 is 5.60 Å². The molecule has 3 rings (SSSR count). The quantitative estimate of drug-likeness (QED) is 0.765. The summed E-state index contributed by atoms with van der Waals surface area (Å²) >= 11 is 0. The number of hydrogen-bond donors (Lipinski definition) is 3. The highest BCUT2D eigenvalue weighted by atomic mass is 16.3. The van der Waals surface area contributed by atoms with Crippen molar-refractivity contribution in [1.29, 1.82) is 0 Å². The monoisotopic (exact) mass is 261 g/mol. The van der Waals surface area contributed by atoms with Crippen LogP contribution < -0.4 is 5.73 Å². The van der Waals surface area contributed by atoms with E-state index in [2.05, 4.69) is 0 Å². The molecule has 19 heavy (non-hydrogen) atoms. The van der Waals surface area contributed by atoms with E-state index in [-0.39, 0.29) is 5.41 Å². The minimum absolute atomic E-state index is 0.193. The lowest BCUT2D eigenvalue weighted by molar-refractivity contribution is -0.0862. The number of phenolic OH excluding ortho intramolecular Hbond substituents is 1. The third-order valence-electron chi connectivity index (χ3n) is 5.32. The van der Waals surface area contributed by atoms with E-state index in [1.165, 1.54) is 11.1 Å². The zero-order chi connectivity index (χ0) is 13.5. The molecule has 1 saturated carbocycles. The van der Waals surface area contributed by atoms with E-state index in [4.69, 9.17) is 5.73 Å². The van der Waals surface area contributed by atoms with Gasteiger partial charge in [-0.15, -0.1) is 0 Å². The molecule has 3 heteroatoms. The predicted molar refractivity (Wildman–Crippen MR) is 75.2 cm³/mol. The molecule has 1 aromatic rings. The number of aryl methyl sites for hydroxylation is 1. The molecule has 3 nitrogen and oxygen atoms in total. The third-order valence-corrected chi connectivity index (χ3v) is 5.32. The summed E-state index contributed by atoms with van der Waals surface area (Å²) < 4.78 is 0. The van der Waals surface area contributed by atoms with E-state index in [9.17, 15) is 10.2 Å². The second-order valence-electron chi connectivity index (χ2n) is 6.20. The van der Waals surface area contributed by atoms with Gasteiger partial charge in [0.25, 0.3) is 0 Å². The summed E-state index contributed by atoms with van der Waals surface area (Å²) in [5.74, 6) is 0.322. The first-order chi connectivity index (χ1) is 9.11. The van der Waals surface area contributed by atoms with Crippen LogP contribution in [-0.4, -0.2) is 22.4 Å². The third kappa shape index (κ3) is 1.79. The molecular weight excluding hydrogens is 238 g/mol. The molecule has 0 aromatic heterocycles. The van der Waals surface area contributed by atoms with Gasteiger partial charge >= 0.3 is 0 Å². The fourth-order valence-electron chi connectivity index (χ4n) is 4.40. The number of rotatable bonds is 2. The van der Waals surface area contributed by atoms with Crippen molar-refractivity contribution >= 4 is 0 Å². The number of benzene rings is 1. The predicted octanol–water partition coefficient (Wildman–Crippen LogP) is 2.23. The molecule has 1 fully saturated rings. The maximum Gasteiger partial charge on any atom is 0.115 e. The zero-order valence-electron chi connectivity index (χ0n) is 11.4. The lowest BCUT2D eigenvalue weighted by atomic mass is 9.53. The van der Waals surface area contributed by atoms with Crippen molar-refractivity contribution in [2.45, 2.75) is 56.0 Å². The van der Waals surface area contributed by atoms with Crippen LogP contribution in [0.1, 0.15) is 49.7 Å². The molecule has 0 unspecified atom stereocenters. The minimum atomic E-state index is -0.603. The summed E-state index contributed by atoms with van der Waals surface area (Å²) in [4.78, 5) is 0. The van der Waals surface area contributed by atoms with E-state index >= 15 is 0 Å². The summed E-state index contributed by atoms with van der Waals surface area (Å²) in [6.07, 6.45) is 6.64. The van der Waals surface area contributed by atoms with Crippen LogP contribution in [0, 0.1) is 0 Å². The molecule has 2 atom stereocenters. The van der Waals surface area contributed by atoms with Crippen molar-refractivity contribution in [3.05, 3.63) is 29.3 Å². The standard InChI is InChI=1S/C16H23NO2/c17-10-9-15-6-1-2-7-16(15,19)8-5-12-11-13(18)3-4-14(12)15/h3-4,11,18-19H,1-2,5-10,17H2/t15-,16+/m1/s1. The average Bonchev–Trinajstić information content (AvgIpc) is 2.39. The van der Waals surface area contributed by atoms with Crippen LogP contribution in [0.4, 0.5) is 0 Å². The molecule has 0 bridgehead atoms. The van der Waals surface area contributed by atoms with Gasteiger partial charge in [0.2, 0.25) is 0 Å². The number of phenols is 1. The van der Waals surface area contributed by atoms with Crippen molar-refractivity contribution < 1.29 is 10.2 Å². The van der Waals surface area contributed by atoms with Gasteiger partial charge in [0.05, 0.1) is 5.60 Å². The van der Waals surface area contributed by atoms with Gasteiger partial charge in [0, 0.05) is 5.41 Å². The van der Waals surface area contributed by atoms with Crippen LogP contribution in [0.15, 0.2) is 18.2 Å². The fourth-order valence-corrected chi connectivity index (χ4v) is 4.40. The average molecular weight is 261 g/mol. The van der Waals surface area contributed by atoms with Gasteiger partial charge in [-0.25, -0.2) is 0 Å². The lowest BCUT2D eigenvalue weighted by Gasteiger charge is -2.54. The van der Waals surface area contributed by atoms with Crippen LogP contribution in [0.5, 0.6) is 5.75 Å². The topological polar surface area (TPSA) is 66.5 Å². The van der Waals surface area contributed by atoms with E-state index in [0.29, 0.717) is 12.3 Å². The first-order valence-corrected chi connectivity index (χ1v) is 7.36. The van der Waals surface area contributed by atoms with Crippen LogP contribution in [0.3, 0.4) is 0 Å². The van der Waals surface area contributed by atoms with Gasteiger partial charge in [-0.05, 0) is 61.9 Å². The molecule has 0 aliphatic heterocycles. The summed E-state index contributed by atoms with van der Waals surface area (Å²) in [5.41, 5.74) is 7.47. The van der Waals surface area contributed by atoms with E-state index in [0.717, 1.165) is 44.9 Å². The second-order valence-corrected chi connectivity index (χ2v) is 6.20. The van der Waals surface area contributed by atoms with Gasteiger partial charge in [-0.2, -0.15) is 0 Å². The number of hydrogen-bond acceptors (Lipinski definition) is 3. The highest BCUT2D eigenvalue weighted by Crippen LogP contribution is 2.54. The molecule has 0 saturated heterocycles. The Bertz CT molecular complexity index is 484. The minimum Gasteiger partial charge on any atom is -0.508 e. The Morgan fingerprint density at radius 3 is 2.74 bits per heavy atom. The largest absolute Gasteiger partial charge is 0.508 e. The molecular formula is C16H23NO2. The first kappa shape index (κ1) is 12.9. The Morgan fingerprint density at radius 2 is 1.95 bits per heavy atom. The number of nitrogens with two attached hydrogens (primary N) is 1. The Labute approximate surface area is 114 Å². The van der Waals surface area contributed by atoms with Gasteiger partial charge < -0.3 is 15.9 Å². The van der Waals surface area contributed by atoms with Gasteiger partial charge in [0.1, 0.15) is 5.75 Å². The fraction of sp³-hybridized carbons (Fsp3) is 0.625. The van der Waals surface area contributed by atoms with Gasteiger partial charge in [0.15, 0.2) is 0 Å². The molecule has 2 aliphatic carbocycles. The van der Waals surface area contributed by atoms with Gasteiger partial charge in [-0.1, -0.05) is 18.9 Å². The molecule has 1 aromatic carbocycles. The molecule has 2 aliphatic rings. The van der Waals surface area contributed by atoms with Crippen molar-refractivity contribution in [2.75, 3.05) is 6.54 Å². The maximum absolute atomic E-state index is 11.2. The maximum atomic E-state index is 11.2. The number of aliphatic hydroxyl groups is 1. The van der Waals surface area contributed by atoms with Crippen LogP contribution in [0.2, 0.25) is 0 Å². The molecule has 0 radical (unpaired) electrons. The second kappa shape index (κ2) is 4.50. The van der Waals surface area contributed by atoms with Crippen LogP contribution >= 0.6 is 0 Å². The van der Waals surface area contributed by atoms with Crippen molar-refractivity contribution in [3.8, 4) is 5.75 Å². The Kier molecular flexibility index (Phi) is 3.06. The Hall–Kier alpha value is -1.06. The molecule has 0 heterocycles. The van der Waals surface area contributed by atoms with Crippen LogP contribution in [0.25, 0.3) is 0 Å². The molecule has 4 N–H and O–H groups in total. The van der Waals surface area contributed by atoms with Gasteiger partial charge in [-0.3, -0.25) is 0 Å². The summed E-state index contributed by atoms with van der Waals surface area (Å²) in [6.45, 7) is 0.600. The summed E-state index contributed by atoms with van der Waals surface area (Å²) in [7, 11) is 0.